The fraction of sp³-hybridized carbons (Fsp3) is 0.421. The van der Waals surface area contributed by atoms with Crippen LogP contribution in [0, 0.1) is 0 Å². The summed E-state index contributed by atoms with van der Waals surface area (Å²) in [5.74, 6) is 0.801. The van der Waals surface area contributed by atoms with Gasteiger partial charge in [0.2, 0.25) is 5.91 Å². The summed E-state index contributed by atoms with van der Waals surface area (Å²) in [6.45, 7) is 6.30. The Morgan fingerprint density at radius 3 is 2.73 bits per heavy atom. The van der Waals surface area contributed by atoms with Crippen molar-refractivity contribution in [1.29, 1.82) is 0 Å². The summed E-state index contributed by atoms with van der Waals surface area (Å²) in [4.78, 5) is 12.5. The number of aromatic nitrogens is 3. The molecule has 0 bridgehead atoms. The van der Waals surface area contributed by atoms with Crippen molar-refractivity contribution in [2.75, 3.05) is 0 Å². The summed E-state index contributed by atoms with van der Waals surface area (Å²) in [5.41, 5.74) is 0.929. The summed E-state index contributed by atoms with van der Waals surface area (Å²) < 4.78 is 1.97. The Kier molecular flexibility index (Phi) is 6.38. The highest BCUT2D eigenvalue weighted by molar-refractivity contribution is 8.00. The minimum Gasteiger partial charge on any atom is -0.352 e. The summed E-state index contributed by atoms with van der Waals surface area (Å²) in [6, 6.07) is 7.80. The van der Waals surface area contributed by atoms with Crippen LogP contribution in [0.15, 0.2) is 42.1 Å². The second-order valence-electron chi connectivity index (χ2n) is 6.46. The van der Waals surface area contributed by atoms with Crippen molar-refractivity contribution in [3.8, 4) is 11.4 Å². The van der Waals surface area contributed by atoms with Crippen molar-refractivity contribution in [3.63, 3.8) is 0 Å². The molecule has 0 spiro atoms. The highest BCUT2D eigenvalue weighted by atomic mass is 35.5. The van der Waals surface area contributed by atoms with Crippen LogP contribution in [0.3, 0.4) is 0 Å². The van der Waals surface area contributed by atoms with E-state index in [0.717, 1.165) is 24.2 Å². The van der Waals surface area contributed by atoms with Gasteiger partial charge >= 0.3 is 0 Å². The highest BCUT2D eigenvalue weighted by Crippen LogP contribution is 2.28. The predicted octanol–water partition coefficient (Wildman–Crippen LogP) is 4.32. The first-order valence-electron chi connectivity index (χ1n) is 8.85. The molecule has 0 unspecified atom stereocenters. The van der Waals surface area contributed by atoms with Gasteiger partial charge in [-0.15, -0.1) is 16.8 Å². The number of amides is 1. The van der Waals surface area contributed by atoms with Gasteiger partial charge in [-0.3, -0.25) is 9.36 Å². The largest absolute Gasteiger partial charge is 0.352 e. The molecule has 7 heteroatoms. The number of hydrogen-bond donors (Lipinski definition) is 1. The number of thioether (sulfide) groups is 1. The van der Waals surface area contributed by atoms with Crippen LogP contribution in [0.25, 0.3) is 11.4 Å². The summed E-state index contributed by atoms with van der Waals surface area (Å²) in [7, 11) is 0. The monoisotopic (exact) mass is 390 g/mol. The molecule has 3 rings (SSSR count). The van der Waals surface area contributed by atoms with Crippen molar-refractivity contribution in [2.24, 2.45) is 0 Å². The third kappa shape index (κ3) is 4.48. The molecule has 1 fully saturated rings. The molecule has 1 amide bonds. The van der Waals surface area contributed by atoms with Crippen LogP contribution < -0.4 is 5.32 Å². The maximum atomic E-state index is 12.5. The third-order valence-corrected chi connectivity index (χ3v) is 5.82. The molecule has 1 atom stereocenters. The molecular weight excluding hydrogens is 368 g/mol. The van der Waals surface area contributed by atoms with Gasteiger partial charge < -0.3 is 5.32 Å². The van der Waals surface area contributed by atoms with E-state index in [-0.39, 0.29) is 11.2 Å². The third-order valence-electron chi connectivity index (χ3n) is 4.48. The van der Waals surface area contributed by atoms with E-state index in [4.69, 9.17) is 11.6 Å². The Bertz CT molecular complexity index is 768. The lowest BCUT2D eigenvalue weighted by atomic mass is 10.2. The molecule has 26 heavy (non-hydrogen) atoms. The minimum atomic E-state index is -0.235. The van der Waals surface area contributed by atoms with Gasteiger partial charge in [-0.2, -0.15) is 0 Å². The fourth-order valence-electron chi connectivity index (χ4n) is 3.08. The Morgan fingerprint density at radius 2 is 2.08 bits per heavy atom. The quantitative estimate of drug-likeness (QED) is 0.564. The number of carbonyl (C=O) groups excluding carboxylic acids is 1. The number of rotatable bonds is 7. The predicted molar refractivity (Wildman–Crippen MR) is 106 cm³/mol. The normalized spacial score (nSPS) is 15.8. The lowest BCUT2D eigenvalue weighted by molar-refractivity contribution is -0.120. The first kappa shape index (κ1) is 19.0. The minimum absolute atomic E-state index is 0.0584. The molecule has 1 saturated carbocycles. The van der Waals surface area contributed by atoms with E-state index in [1.165, 1.54) is 24.6 Å². The Hall–Kier alpha value is -1.79. The number of allylic oxidation sites excluding steroid dienone is 1. The maximum absolute atomic E-state index is 12.5. The molecule has 1 N–H and O–H groups in total. The average molecular weight is 391 g/mol. The van der Waals surface area contributed by atoms with E-state index in [1.54, 1.807) is 6.08 Å². The van der Waals surface area contributed by atoms with E-state index in [2.05, 4.69) is 22.1 Å². The van der Waals surface area contributed by atoms with Gasteiger partial charge in [0.05, 0.1) is 5.25 Å². The van der Waals surface area contributed by atoms with Crippen LogP contribution in [0.4, 0.5) is 0 Å². The summed E-state index contributed by atoms with van der Waals surface area (Å²) in [5, 5.41) is 12.9. The fourth-order valence-corrected chi connectivity index (χ4v) is 4.08. The number of halogens is 1. The van der Waals surface area contributed by atoms with E-state index >= 15 is 0 Å². The zero-order valence-electron chi connectivity index (χ0n) is 14.8. The van der Waals surface area contributed by atoms with Crippen molar-refractivity contribution in [1.82, 2.24) is 20.1 Å². The Labute approximate surface area is 163 Å². The summed E-state index contributed by atoms with van der Waals surface area (Å²) in [6.07, 6.45) is 6.36. The van der Waals surface area contributed by atoms with E-state index in [1.807, 2.05) is 35.8 Å². The summed E-state index contributed by atoms with van der Waals surface area (Å²) >= 11 is 7.39. The van der Waals surface area contributed by atoms with E-state index in [0.29, 0.717) is 22.8 Å². The molecule has 1 aliphatic carbocycles. The van der Waals surface area contributed by atoms with Gasteiger partial charge in [-0.1, -0.05) is 42.3 Å². The highest BCUT2D eigenvalue weighted by Gasteiger charge is 2.23. The van der Waals surface area contributed by atoms with Gasteiger partial charge in [0.25, 0.3) is 0 Å². The number of hydrogen-bond acceptors (Lipinski definition) is 4. The van der Waals surface area contributed by atoms with Crippen LogP contribution in [-0.4, -0.2) is 32.0 Å². The molecule has 0 aliphatic heterocycles. The van der Waals surface area contributed by atoms with Gasteiger partial charge in [0.15, 0.2) is 11.0 Å². The van der Waals surface area contributed by atoms with Crippen LogP contribution in [-0.2, 0) is 11.3 Å². The molecule has 1 aromatic heterocycles. The lowest BCUT2D eigenvalue weighted by Gasteiger charge is -2.16. The van der Waals surface area contributed by atoms with E-state index in [9.17, 15) is 4.79 Å². The van der Waals surface area contributed by atoms with Crippen LogP contribution in [0.2, 0.25) is 5.02 Å². The second-order valence-corrected chi connectivity index (χ2v) is 8.21. The molecule has 5 nitrogen and oxygen atoms in total. The molecular formula is C19H23ClN4OS. The molecule has 1 aliphatic rings. The standard InChI is InChI=1S/C19H23ClN4OS/c1-3-12-24-17(14-8-10-15(20)11-9-14)22-23-19(24)26-13(2)18(25)21-16-6-4-5-7-16/h3,8-11,13,16H,1,4-7,12H2,2H3,(H,21,25)/t13-/m1/s1. The molecule has 0 saturated heterocycles. The molecule has 2 aromatic rings. The van der Waals surface area contributed by atoms with Gasteiger partial charge in [-0.05, 0) is 44.0 Å². The van der Waals surface area contributed by atoms with Crippen molar-refractivity contribution >= 4 is 29.3 Å². The zero-order chi connectivity index (χ0) is 18.5. The number of nitrogens with zero attached hydrogens (tertiary/aromatic N) is 3. The Morgan fingerprint density at radius 1 is 1.38 bits per heavy atom. The smallest absolute Gasteiger partial charge is 0.233 e. The molecule has 1 heterocycles. The maximum Gasteiger partial charge on any atom is 0.233 e. The Balaban J connectivity index is 1.75. The first-order valence-corrected chi connectivity index (χ1v) is 10.1. The molecule has 0 radical (unpaired) electrons. The first-order chi connectivity index (χ1) is 12.6. The molecule has 1 aromatic carbocycles. The number of nitrogens with one attached hydrogen (secondary N) is 1. The van der Waals surface area contributed by atoms with Crippen molar-refractivity contribution in [2.45, 2.75) is 55.6 Å². The van der Waals surface area contributed by atoms with Gasteiger partial charge in [0.1, 0.15) is 0 Å². The lowest BCUT2D eigenvalue weighted by Crippen LogP contribution is -2.37. The topological polar surface area (TPSA) is 59.8 Å². The average Bonchev–Trinajstić information content (AvgIpc) is 3.27. The number of benzene rings is 1. The number of carbonyl (C=O) groups is 1. The van der Waals surface area contributed by atoms with Crippen molar-refractivity contribution < 1.29 is 4.79 Å². The second kappa shape index (κ2) is 8.73. The van der Waals surface area contributed by atoms with Crippen molar-refractivity contribution in [3.05, 3.63) is 41.9 Å². The van der Waals surface area contributed by atoms with Gasteiger partial charge in [-0.25, -0.2) is 0 Å². The SMILES string of the molecule is C=CCn1c(S[C@H](C)C(=O)NC2CCCC2)nnc1-c1ccc(Cl)cc1. The zero-order valence-corrected chi connectivity index (χ0v) is 16.4. The van der Waals surface area contributed by atoms with Crippen LogP contribution in [0.5, 0.6) is 0 Å². The van der Waals surface area contributed by atoms with Gasteiger partial charge in [0, 0.05) is 23.2 Å². The van der Waals surface area contributed by atoms with E-state index < -0.39 is 0 Å². The van der Waals surface area contributed by atoms with Crippen LogP contribution >= 0.6 is 23.4 Å². The van der Waals surface area contributed by atoms with Crippen LogP contribution in [0.1, 0.15) is 32.6 Å². The molecule has 138 valence electrons.